The van der Waals surface area contributed by atoms with E-state index in [0.29, 0.717) is 12.5 Å². The maximum Gasteiger partial charge on any atom is 0.0624 e. The van der Waals surface area contributed by atoms with E-state index in [4.69, 9.17) is 5.73 Å². The van der Waals surface area contributed by atoms with Gasteiger partial charge in [-0.15, -0.1) is 0 Å². The smallest absolute Gasteiger partial charge is 0.0624 e. The van der Waals surface area contributed by atoms with Crippen molar-refractivity contribution in [3.63, 3.8) is 0 Å². The molecule has 0 bridgehead atoms. The zero-order valence-corrected chi connectivity index (χ0v) is 14.4. The molecule has 2 aromatic rings. The van der Waals surface area contributed by atoms with Crippen LogP contribution in [0.5, 0.6) is 0 Å². The predicted molar refractivity (Wildman–Crippen MR) is 91.4 cm³/mol. The van der Waals surface area contributed by atoms with Gasteiger partial charge in [-0.05, 0) is 62.4 Å². The third kappa shape index (κ3) is 4.42. The lowest BCUT2D eigenvalue weighted by atomic mass is 9.94. The number of benzene rings is 1. The summed E-state index contributed by atoms with van der Waals surface area (Å²) in [6.07, 6.45) is 2.98. The van der Waals surface area contributed by atoms with Crippen LogP contribution in [-0.2, 0) is 25.8 Å². The Morgan fingerprint density at radius 1 is 1.24 bits per heavy atom. The lowest BCUT2D eigenvalue weighted by Gasteiger charge is -2.15. The Kier molecular flexibility index (Phi) is 6.00. The van der Waals surface area contributed by atoms with Crippen LogP contribution in [0.2, 0.25) is 0 Å². The second kappa shape index (κ2) is 7.76. The second-order valence-electron chi connectivity index (χ2n) is 5.44. The van der Waals surface area contributed by atoms with Crippen molar-refractivity contribution in [2.75, 3.05) is 6.54 Å². The molecule has 1 aromatic heterocycles. The highest BCUT2D eigenvalue weighted by atomic mass is 79.9. The van der Waals surface area contributed by atoms with Gasteiger partial charge in [-0.1, -0.05) is 35.0 Å². The number of nitrogens with zero attached hydrogens (tertiary/aromatic N) is 2. The number of aryl methyl sites for hydroxylation is 2. The summed E-state index contributed by atoms with van der Waals surface area (Å²) < 4.78 is 3.24. The van der Waals surface area contributed by atoms with E-state index in [9.17, 15) is 0 Å². The van der Waals surface area contributed by atoms with E-state index in [2.05, 4.69) is 69.9 Å². The molecule has 0 aliphatic rings. The van der Waals surface area contributed by atoms with Crippen LogP contribution in [0.15, 0.2) is 34.8 Å². The summed E-state index contributed by atoms with van der Waals surface area (Å²) in [4.78, 5) is 0. The average Bonchev–Trinajstić information content (AvgIpc) is 2.88. The van der Waals surface area contributed by atoms with Crippen LogP contribution in [0.4, 0.5) is 0 Å². The van der Waals surface area contributed by atoms with Gasteiger partial charge in [-0.2, -0.15) is 5.10 Å². The van der Waals surface area contributed by atoms with Crippen LogP contribution in [-0.4, -0.2) is 16.3 Å². The SMILES string of the molecule is CCc1cc(CC(CN)Cc2cccc(Br)c2)n(CC)n1. The van der Waals surface area contributed by atoms with Crippen LogP contribution < -0.4 is 5.73 Å². The minimum absolute atomic E-state index is 0.450. The molecule has 1 heterocycles. The van der Waals surface area contributed by atoms with E-state index >= 15 is 0 Å². The van der Waals surface area contributed by atoms with Crippen LogP contribution >= 0.6 is 15.9 Å². The molecule has 1 unspecified atom stereocenters. The fourth-order valence-corrected chi connectivity index (χ4v) is 3.10. The maximum absolute atomic E-state index is 6.00. The van der Waals surface area contributed by atoms with E-state index in [0.717, 1.165) is 30.3 Å². The molecule has 0 spiro atoms. The number of nitrogens with two attached hydrogens (primary N) is 1. The van der Waals surface area contributed by atoms with Gasteiger partial charge in [0.25, 0.3) is 0 Å². The van der Waals surface area contributed by atoms with Gasteiger partial charge < -0.3 is 5.73 Å². The van der Waals surface area contributed by atoms with E-state index in [1.807, 2.05) is 0 Å². The molecule has 1 atom stereocenters. The lowest BCUT2D eigenvalue weighted by Crippen LogP contribution is -2.21. The van der Waals surface area contributed by atoms with Crippen molar-refractivity contribution in [2.45, 2.75) is 39.7 Å². The molecule has 0 saturated heterocycles. The lowest BCUT2D eigenvalue weighted by molar-refractivity contribution is 0.499. The van der Waals surface area contributed by atoms with Gasteiger partial charge in [0.15, 0.2) is 0 Å². The number of hydrogen-bond acceptors (Lipinski definition) is 2. The van der Waals surface area contributed by atoms with Gasteiger partial charge in [0.05, 0.1) is 5.69 Å². The summed E-state index contributed by atoms with van der Waals surface area (Å²) >= 11 is 3.53. The molecule has 3 nitrogen and oxygen atoms in total. The first-order chi connectivity index (χ1) is 10.2. The van der Waals surface area contributed by atoms with Crippen LogP contribution in [0.3, 0.4) is 0 Å². The van der Waals surface area contributed by atoms with Crippen molar-refractivity contribution in [3.05, 3.63) is 51.8 Å². The summed E-state index contributed by atoms with van der Waals surface area (Å²) in [5, 5.41) is 4.62. The molecule has 2 rings (SSSR count). The predicted octanol–water partition coefficient (Wildman–Crippen LogP) is 3.59. The Balaban J connectivity index is 2.10. The summed E-state index contributed by atoms with van der Waals surface area (Å²) in [5.74, 6) is 0.450. The fourth-order valence-electron chi connectivity index (χ4n) is 2.66. The molecule has 1 aromatic carbocycles. The van der Waals surface area contributed by atoms with Gasteiger partial charge in [0.2, 0.25) is 0 Å². The Bertz CT molecular complexity index is 577. The summed E-state index contributed by atoms with van der Waals surface area (Å²) in [6, 6.07) is 10.7. The molecule has 0 radical (unpaired) electrons. The molecule has 21 heavy (non-hydrogen) atoms. The molecule has 2 N–H and O–H groups in total. The van der Waals surface area contributed by atoms with Gasteiger partial charge in [0.1, 0.15) is 0 Å². The fraction of sp³-hybridized carbons (Fsp3) is 0.471. The monoisotopic (exact) mass is 349 g/mol. The number of aromatic nitrogens is 2. The number of halogens is 1. The maximum atomic E-state index is 6.00. The Hall–Kier alpha value is -1.13. The van der Waals surface area contributed by atoms with Gasteiger partial charge in [0, 0.05) is 16.7 Å². The van der Waals surface area contributed by atoms with Crippen LogP contribution in [0, 0.1) is 5.92 Å². The Morgan fingerprint density at radius 3 is 2.67 bits per heavy atom. The molecule has 0 saturated carbocycles. The minimum atomic E-state index is 0.450. The van der Waals surface area contributed by atoms with E-state index in [1.165, 1.54) is 17.0 Å². The average molecular weight is 350 g/mol. The molecule has 0 aliphatic carbocycles. The standard InChI is InChI=1S/C17H24BrN3/c1-3-16-11-17(21(4-2)20-16)10-14(12-19)8-13-6-5-7-15(18)9-13/h5-7,9,11,14H,3-4,8,10,12,19H2,1-2H3. The quantitative estimate of drug-likeness (QED) is 0.829. The Labute approximate surface area is 135 Å². The molecule has 0 amide bonds. The third-order valence-electron chi connectivity index (χ3n) is 3.82. The summed E-state index contributed by atoms with van der Waals surface area (Å²) in [7, 11) is 0. The highest BCUT2D eigenvalue weighted by Crippen LogP contribution is 2.18. The van der Waals surface area contributed by atoms with Gasteiger partial charge >= 0.3 is 0 Å². The molecule has 114 valence electrons. The largest absolute Gasteiger partial charge is 0.330 e. The summed E-state index contributed by atoms with van der Waals surface area (Å²) in [5.41, 5.74) is 9.80. The normalized spacial score (nSPS) is 12.6. The molecule has 4 heteroatoms. The van der Waals surface area contributed by atoms with E-state index in [-0.39, 0.29) is 0 Å². The van der Waals surface area contributed by atoms with Crippen LogP contribution in [0.1, 0.15) is 30.8 Å². The van der Waals surface area contributed by atoms with E-state index < -0.39 is 0 Å². The molecular formula is C17H24BrN3. The van der Waals surface area contributed by atoms with Crippen molar-refractivity contribution in [1.29, 1.82) is 0 Å². The van der Waals surface area contributed by atoms with Crippen molar-refractivity contribution < 1.29 is 0 Å². The van der Waals surface area contributed by atoms with Crippen molar-refractivity contribution >= 4 is 15.9 Å². The van der Waals surface area contributed by atoms with Gasteiger partial charge in [-0.25, -0.2) is 0 Å². The minimum Gasteiger partial charge on any atom is -0.330 e. The zero-order valence-electron chi connectivity index (χ0n) is 12.8. The van der Waals surface area contributed by atoms with E-state index in [1.54, 1.807) is 0 Å². The van der Waals surface area contributed by atoms with Gasteiger partial charge in [-0.3, -0.25) is 4.68 Å². The molecular weight excluding hydrogens is 326 g/mol. The highest BCUT2D eigenvalue weighted by molar-refractivity contribution is 9.10. The Morgan fingerprint density at radius 2 is 2.05 bits per heavy atom. The van der Waals surface area contributed by atoms with Crippen LogP contribution in [0.25, 0.3) is 0 Å². The first-order valence-corrected chi connectivity index (χ1v) is 8.45. The second-order valence-corrected chi connectivity index (χ2v) is 6.35. The first kappa shape index (κ1) is 16.2. The third-order valence-corrected chi connectivity index (χ3v) is 4.31. The summed E-state index contributed by atoms with van der Waals surface area (Å²) in [6.45, 7) is 5.90. The molecule has 0 aliphatic heterocycles. The first-order valence-electron chi connectivity index (χ1n) is 7.66. The van der Waals surface area contributed by atoms with Crippen molar-refractivity contribution in [2.24, 2.45) is 11.7 Å². The zero-order chi connectivity index (χ0) is 15.2. The topological polar surface area (TPSA) is 43.8 Å². The number of hydrogen-bond donors (Lipinski definition) is 1. The highest BCUT2D eigenvalue weighted by Gasteiger charge is 2.13. The van der Waals surface area contributed by atoms with Crippen molar-refractivity contribution in [1.82, 2.24) is 9.78 Å². The van der Waals surface area contributed by atoms with Crippen molar-refractivity contribution in [3.8, 4) is 0 Å². The number of rotatable bonds is 7. The molecule has 0 fully saturated rings.